The summed E-state index contributed by atoms with van der Waals surface area (Å²) in [5.74, 6) is -0.792. The van der Waals surface area contributed by atoms with E-state index >= 15 is 0 Å². The number of nitrogens with zero attached hydrogens (tertiary/aromatic N) is 1. The first-order valence-corrected chi connectivity index (χ1v) is 33.9. The molecule has 74 heavy (non-hydrogen) atoms. The monoisotopic (exact) mass is 1070 g/mol. The maximum absolute atomic E-state index is 12.7. The molecule has 0 spiro atoms. The molecule has 2 atom stereocenters. The molecule has 0 saturated heterocycles. The lowest BCUT2D eigenvalue weighted by atomic mass is 10.0. The topological polar surface area (TPSA) is 108 Å². The first kappa shape index (κ1) is 72.8. The summed E-state index contributed by atoms with van der Waals surface area (Å²) in [6, 6.07) is 0. The molecule has 2 unspecified atom stereocenters. The zero-order valence-electron chi connectivity index (χ0n) is 50.1. The van der Waals surface area contributed by atoms with Crippen LogP contribution in [0.15, 0.2) is 12.2 Å². The molecule has 0 fully saturated rings. The first-order valence-electron chi connectivity index (χ1n) is 32.4. The molecule has 0 aliphatic heterocycles. The second-order valence-electron chi connectivity index (χ2n) is 23.5. The quantitative estimate of drug-likeness (QED) is 0.0211. The summed E-state index contributed by atoms with van der Waals surface area (Å²) in [4.78, 5) is 35.6. The van der Waals surface area contributed by atoms with E-state index in [0.717, 1.165) is 51.4 Å². The van der Waals surface area contributed by atoms with Crippen LogP contribution in [-0.4, -0.2) is 74.9 Å². The Morgan fingerprint density at radius 1 is 0.405 bits per heavy atom. The van der Waals surface area contributed by atoms with Crippen molar-refractivity contribution in [1.82, 2.24) is 0 Å². The Balaban J connectivity index is 3.80. The van der Waals surface area contributed by atoms with E-state index in [-0.39, 0.29) is 25.6 Å². The highest BCUT2D eigenvalue weighted by Crippen LogP contribution is 2.43. The Labute approximate surface area is 460 Å². The Bertz CT molecular complexity index is 1260. The van der Waals surface area contributed by atoms with Crippen molar-refractivity contribution in [2.24, 2.45) is 0 Å². The molecule has 0 aliphatic carbocycles. The molecule has 0 radical (unpaired) electrons. The van der Waals surface area contributed by atoms with Crippen molar-refractivity contribution < 1.29 is 42.1 Å². The van der Waals surface area contributed by atoms with E-state index in [1.807, 2.05) is 21.1 Å². The summed E-state index contributed by atoms with van der Waals surface area (Å²) in [5.41, 5.74) is 0. The summed E-state index contributed by atoms with van der Waals surface area (Å²) in [6.45, 7) is 4.45. The number of likely N-dealkylation sites (N-methyl/N-ethyl adjacent to an activating group) is 1. The van der Waals surface area contributed by atoms with Gasteiger partial charge in [-0.1, -0.05) is 296 Å². The number of quaternary nitrogens is 1. The number of hydrogen-bond acceptors (Lipinski definition) is 7. The van der Waals surface area contributed by atoms with E-state index in [4.69, 9.17) is 18.5 Å². The normalized spacial score (nSPS) is 13.2. The number of carbonyl (C=O) groups excluding carboxylic acids is 2. The minimum atomic E-state index is -4.38. The molecular weight excluding hydrogens is 942 g/mol. The standard InChI is InChI=1S/C64H126NO8P/c1-6-8-10-12-14-16-18-20-21-22-23-24-25-26-27-28-29-30-31-32-33-34-35-36-37-38-39-40-41-42-43-44-45-47-48-50-52-54-56-63(66)70-60-62(61-72-74(68,69)71-59-58-65(3,4)5)73-64(67)57-55-53-51-49-46-19-17-15-13-11-9-7-2/h15,17,62H,6-14,16,18-61H2,1-5H3/p+1/b17-15-. The van der Waals surface area contributed by atoms with Crippen LogP contribution in [0, 0.1) is 0 Å². The van der Waals surface area contributed by atoms with Gasteiger partial charge in [-0.3, -0.25) is 18.6 Å². The van der Waals surface area contributed by atoms with Gasteiger partial charge in [-0.25, -0.2) is 4.57 Å². The summed E-state index contributed by atoms with van der Waals surface area (Å²) < 4.78 is 34.5. The molecule has 0 saturated carbocycles. The van der Waals surface area contributed by atoms with Crippen LogP contribution >= 0.6 is 7.82 Å². The van der Waals surface area contributed by atoms with Crippen molar-refractivity contribution in [2.45, 2.75) is 341 Å². The largest absolute Gasteiger partial charge is 0.472 e. The molecule has 9 nitrogen and oxygen atoms in total. The van der Waals surface area contributed by atoms with E-state index < -0.39 is 26.5 Å². The molecule has 0 rings (SSSR count). The van der Waals surface area contributed by atoms with Gasteiger partial charge in [-0.05, 0) is 38.5 Å². The summed E-state index contributed by atoms with van der Waals surface area (Å²) >= 11 is 0. The number of carbonyl (C=O) groups is 2. The van der Waals surface area contributed by atoms with Gasteiger partial charge in [0.05, 0.1) is 27.7 Å². The second kappa shape index (κ2) is 56.5. The van der Waals surface area contributed by atoms with Gasteiger partial charge in [0.15, 0.2) is 6.10 Å². The first-order chi connectivity index (χ1) is 36.0. The van der Waals surface area contributed by atoms with Crippen molar-refractivity contribution in [3.8, 4) is 0 Å². The van der Waals surface area contributed by atoms with Crippen LogP contribution in [0.4, 0.5) is 0 Å². The smallest absolute Gasteiger partial charge is 0.462 e. The molecule has 0 aromatic rings. The number of phosphoric ester groups is 1. The van der Waals surface area contributed by atoms with E-state index in [9.17, 15) is 19.0 Å². The van der Waals surface area contributed by atoms with Crippen molar-refractivity contribution >= 4 is 19.8 Å². The third kappa shape index (κ3) is 60.0. The molecule has 0 heterocycles. The minimum absolute atomic E-state index is 0.0335. The maximum atomic E-state index is 12.7. The second-order valence-corrected chi connectivity index (χ2v) is 25.0. The minimum Gasteiger partial charge on any atom is -0.462 e. The third-order valence-electron chi connectivity index (χ3n) is 14.8. The summed E-state index contributed by atoms with van der Waals surface area (Å²) in [6.07, 6.45) is 67.7. The molecule has 0 aromatic heterocycles. The molecule has 10 heteroatoms. The van der Waals surface area contributed by atoms with Gasteiger partial charge < -0.3 is 18.9 Å². The molecule has 0 amide bonds. The van der Waals surface area contributed by atoms with Crippen molar-refractivity contribution in [3.05, 3.63) is 12.2 Å². The third-order valence-corrected chi connectivity index (χ3v) is 15.8. The van der Waals surface area contributed by atoms with Gasteiger partial charge in [0.2, 0.25) is 0 Å². The number of hydrogen-bond donors (Lipinski definition) is 1. The van der Waals surface area contributed by atoms with E-state index in [1.54, 1.807) is 0 Å². The van der Waals surface area contributed by atoms with Crippen molar-refractivity contribution in [1.29, 1.82) is 0 Å². The number of phosphoric acid groups is 1. The number of rotatable bonds is 61. The van der Waals surface area contributed by atoms with Gasteiger partial charge in [-0.2, -0.15) is 0 Å². The summed E-state index contributed by atoms with van der Waals surface area (Å²) in [5, 5.41) is 0. The molecular formula is C64H127NO8P+. The van der Waals surface area contributed by atoms with Gasteiger partial charge in [-0.15, -0.1) is 0 Å². The fourth-order valence-corrected chi connectivity index (χ4v) is 10.5. The van der Waals surface area contributed by atoms with E-state index in [2.05, 4.69) is 26.0 Å². The molecule has 0 bridgehead atoms. The van der Waals surface area contributed by atoms with Gasteiger partial charge in [0, 0.05) is 12.8 Å². The maximum Gasteiger partial charge on any atom is 0.472 e. The van der Waals surface area contributed by atoms with E-state index in [1.165, 1.54) is 250 Å². The molecule has 440 valence electrons. The average Bonchev–Trinajstić information content (AvgIpc) is 3.36. The van der Waals surface area contributed by atoms with E-state index in [0.29, 0.717) is 23.9 Å². The lowest BCUT2D eigenvalue weighted by Gasteiger charge is -2.24. The molecule has 0 aromatic carbocycles. The lowest BCUT2D eigenvalue weighted by molar-refractivity contribution is -0.870. The Morgan fingerprint density at radius 2 is 0.689 bits per heavy atom. The Kier molecular flexibility index (Phi) is 55.5. The predicted octanol–water partition coefficient (Wildman–Crippen LogP) is 20.4. The van der Waals surface area contributed by atoms with Crippen LogP contribution in [-0.2, 0) is 32.7 Å². The van der Waals surface area contributed by atoms with Gasteiger partial charge >= 0.3 is 19.8 Å². The van der Waals surface area contributed by atoms with Crippen LogP contribution in [0.1, 0.15) is 335 Å². The van der Waals surface area contributed by atoms with Crippen LogP contribution < -0.4 is 0 Å². The van der Waals surface area contributed by atoms with Crippen molar-refractivity contribution in [3.63, 3.8) is 0 Å². The number of ether oxygens (including phenoxy) is 2. The number of esters is 2. The van der Waals surface area contributed by atoms with Crippen LogP contribution in [0.3, 0.4) is 0 Å². The molecule has 1 N–H and O–H groups in total. The van der Waals surface area contributed by atoms with Gasteiger partial charge in [0.1, 0.15) is 19.8 Å². The predicted molar refractivity (Wildman–Crippen MR) is 317 cm³/mol. The average molecular weight is 1070 g/mol. The number of allylic oxidation sites excluding steroid dienone is 2. The Morgan fingerprint density at radius 3 is 1.03 bits per heavy atom. The van der Waals surface area contributed by atoms with Crippen LogP contribution in [0.2, 0.25) is 0 Å². The highest BCUT2D eigenvalue weighted by molar-refractivity contribution is 7.47. The molecule has 0 aliphatic rings. The highest BCUT2D eigenvalue weighted by Gasteiger charge is 2.27. The zero-order valence-corrected chi connectivity index (χ0v) is 51.0. The summed E-state index contributed by atoms with van der Waals surface area (Å²) in [7, 11) is 1.49. The van der Waals surface area contributed by atoms with Gasteiger partial charge in [0.25, 0.3) is 0 Å². The van der Waals surface area contributed by atoms with Crippen LogP contribution in [0.25, 0.3) is 0 Å². The zero-order chi connectivity index (χ0) is 54.2. The fraction of sp³-hybridized carbons (Fsp3) is 0.938. The van der Waals surface area contributed by atoms with Crippen molar-refractivity contribution in [2.75, 3.05) is 47.5 Å². The SMILES string of the molecule is CCCCC/C=C\CCCCCCCC(=O)OC(COC(=O)CCCCCCCCCCCCCCCCCCCCCCCCCCCCCCCCCCCCCCCC)COP(=O)(O)OCC[N+](C)(C)C. The fourth-order valence-electron chi connectivity index (χ4n) is 9.78. The lowest BCUT2D eigenvalue weighted by Crippen LogP contribution is -2.37. The van der Waals surface area contributed by atoms with Crippen LogP contribution in [0.5, 0.6) is 0 Å². The Hall–Kier alpha value is -1.25. The highest BCUT2D eigenvalue weighted by atomic mass is 31.2. The number of unbranched alkanes of at least 4 members (excludes halogenated alkanes) is 45.